The van der Waals surface area contributed by atoms with Crippen LogP contribution in [0, 0.1) is 24.0 Å². The molecule has 0 aliphatic rings. The average molecular weight is 377 g/mol. The molecule has 0 aliphatic carbocycles. The van der Waals surface area contributed by atoms with Gasteiger partial charge in [0.2, 0.25) is 5.78 Å². The highest BCUT2D eigenvalue weighted by Gasteiger charge is 2.20. The number of carbonyl (C=O) groups is 2. The number of hydrogen-bond acceptors (Lipinski definition) is 5. The number of aryl methyl sites for hydroxylation is 1. The normalized spacial score (nSPS) is 10.4. The van der Waals surface area contributed by atoms with Crippen molar-refractivity contribution in [3.63, 3.8) is 0 Å². The van der Waals surface area contributed by atoms with Crippen molar-refractivity contribution in [2.24, 2.45) is 0 Å². The van der Waals surface area contributed by atoms with E-state index in [0.717, 1.165) is 17.5 Å². The summed E-state index contributed by atoms with van der Waals surface area (Å²) in [5, 5.41) is 10.8. The molecule has 1 heterocycles. The summed E-state index contributed by atoms with van der Waals surface area (Å²) < 4.78 is 6.92. The maximum atomic E-state index is 12.4. The highest BCUT2D eigenvalue weighted by Crippen LogP contribution is 2.23. The van der Waals surface area contributed by atoms with Crippen LogP contribution in [-0.2, 0) is 11.3 Å². The van der Waals surface area contributed by atoms with E-state index in [9.17, 15) is 19.7 Å². The molecule has 0 saturated carbocycles. The fourth-order valence-corrected chi connectivity index (χ4v) is 2.76. The Morgan fingerprint density at radius 1 is 1.31 bits per heavy atom. The molecule has 0 unspecified atom stereocenters. The third kappa shape index (κ3) is 4.00. The Balaban J connectivity index is 2.14. The van der Waals surface area contributed by atoms with Gasteiger partial charge in [0.1, 0.15) is 0 Å². The Morgan fingerprint density at radius 3 is 2.62 bits per heavy atom. The second-order valence-electron chi connectivity index (χ2n) is 5.60. The number of allylic oxidation sites excluding steroid dienone is 1. The number of halogens is 1. The van der Waals surface area contributed by atoms with Crippen molar-refractivity contribution in [3.8, 4) is 0 Å². The lowest BCUT2D eigenvalue weighted by Crippen LogP contribution is -2.15. The first-order valence-electron chi connectivity index (χ1n) is 7.68. The molecule has 0 bridgehead atoms. The van der Waals surface area contributed by atoms with E-state index in [1.165, 1.54) is 12.1 Å². The molecule has 0 aliphatic heterocycles. The van der Waals surface area contributed by atoms with Crippen LogP contribution in [0.4, 0.5) is 5.69 Å². The lowest BCUT2D eigenvalue weighted by molar-refractivity contribution is -0.384. The molecule has 0 saturated heterocycles. The predicted molar refractivity (Wildman–Crippen MR) is 96.8 cm³/mol. The number of nitro groups is 1. The number of benzene rings is 1. The SMILES string of the molecule is C=CCn1c(C)cc(C(=O)COC(=O)c2cc([N+](=O)[O-])ccc2Cl)c1C. The number of Topliss-reactive ketones (excluding diaryl/α,β-unsaturated/α-hetero) is 1. The quantitative estimate of drug-likeness (QED) is 0.240. The van der Waals surface area contributed by atoms with E-state index in [4.69, 9.17) is 16.3 Å². The molecule has 136 valence electrons. The van der Waals surface area contributed by atoms with Crippen LogP contribution in [0.15, 0.2) is 36.9 Å². The number of nitrogens with zero attached hydrogens (tertiary/aromatic N) is 2. The fraction of sp³-hybridized carbons (Fsp3) is 0.222. The van der Waals surface area contributed by atoms with Crippen molar-refractivity contribution in [1.82, 2.24) is 4.57 Å². The molecule has 2 aromatic rings. The molecule has 0 fully saturated rings. The molecular weight excluding hydrogens is 360 g/mol. The Kier molecular flexibility index (Phi) is 5.94. The second-order valence-corrected chi connectivity index (χ2v) is 6.01. The van der Waals surface area contributed by atoms with Gasteiger partial charge in [-0.1, -0.05) is 17.7 Å². The smallest absolute Gasteiger partial charge is 0.340 e. The Bertz CT molecular complexity index is 901. The number of esters is 1. The van der Waals surface area contributed by atoms with Crippen LogP contribution in [0.1, 0.15) is 32.1 Å². The third-order valence-corrected chi connectivity index (χ3v) is 4.23. The number of ether oxygens (including phenoxy) is 1. The highest BCUT2D eigenvalue weighted by molar-refractivity contribution is 6.33. The van der Waals surface area contributed by atoms with Gasteiger partial charge in [0.05, 0.1) is 15.5 Å². The molecule has 1 aromatic carbocycles. The summed E-state index contributed by atoms with van der Waals surface area (Å²) in [4.78, 5) is 34.7. The standard InChI is InChI=1S/C18H17ClN2O5/c1-4-7-20-11(2)8-14(12(20)3)17(22)10-26-18(23)15-9-13(21(24)25)5-6-16(15)19/h4-6,8-9H,1,7,10H2,2-3H3. The van der Waals surface area contributed by atoms with Crippen molar-refractivity contribution in [2.45, 2.75) is 20.4 Å². The summed E-state index contributed by atoms with van der Waals surface area (Å²) in [5.74, 6) is -1.27. The van der Waals surface area contributed by atoms with E-state index in [1.54, 1.807) is 19.1 Å². The summed E-state index contributed by atoms with van der Waals surface area (Å²) in [7, 11) is 0. The molecule has 0 spiro atoms. The summed E-state index contributed by atoms with van der Waals surface area (Å²) in [6.45, 7) is 7.41. The van der Waals surface area contributed by atoms with E-state index in [-0.39, 0.29) is 22.1 Å². The van der Waals surface area contributed by atoms with Crippen molar-refractivity contribution in [3.05, 3.63) is 74.6 Å². The lowest BCUT2D eigenvalue weighted by atomic mass is 10.1. The van der Waals surface area contributed by atoms with Gasteiger partial charge in [-0.3, -0.25) is 14.9 Å². The van der Waals surface area contributed by atoms with Crippen molar-refractivity contribution in [2.75, 3.05) is 6.61 Å². The number of ketones is 1. The zero-order valence-electron chi connectivity index (χ0n) is 14.3. The van der Waals surface area contributed by atoms with Gasteiger partial charge in [-0.05, 0) is 26.0 Å². The van der Waals surface area contributed by atoms with Crippen molar-refractivity contribution < 1.29 is 19.2 Å². The van der Waals surface area contributed by atoms with Crippen LogP contribution in [0.25, 0.3) is 0 Å². The molecular formula is C18H17ClN2O5. The van der Waals surface area contributed by atoms with Crippen LogP contribution in [-0.4, -0.2) is 27.8 Å². The minimum Gasteiger partial charge on any atom is -0.454 e. The molecule has 0 N–H and O–H groups in total. The molecule has 0 amide bonds. The number of rotatable bonds is 7. The maximum absolute atomic E-state index is 12.4. The van der Waals surface area contributed by atoms with Crippen molar-refractivity contribution >= 4 is 29.0 Å². The minimum absolute atomic E-state index is 0.0113. The van der Waals surface area contributed by atoms with Gasteiger partial charge < -0.3 is 9.30 Å². The van der Waals surface area contributed by atoms with Crippen LogP contribution >= 0.6 is 11.6 Å². The van der Waals surface area contributed by atoms with Gasteiger partial charge in [-0.25, -0.2) is 4.79 Å². The number of non-ortho nitro benzene ring substituents is 1. The van der Waals surface area contributed by atoms with Gasteiger partial charge in [0.25, 0.3) is 5.69 Å². The highest BCUT2D eigenvalue weighted by atomic mass is 35.5. The molecule has 26 heavy (non-hydrogen) atoms. The number of nitro benzene ring substituents is 1. The summed E-state index contributed by atoms with van der Waals surface area (Å²) in [6.07, 6.45) is 1.72. The predicted octanol–water partition coefficient (Wildman–Crippen LogP) is 3.89. The summed E-state index contributed by atoms with van der Waals surface area (Å²) in [5.41, 5.74) is 1.63. The number of carbonyl (C=O) groups excluding carboxylic acids is 2. The first-order chi connectivity index (χ1) is 12.3. The molecule has 1 aromatic heterocycles. The summed E-state index contributed by atoms with van der Waals surface area (Å²) in [6, 6.07) is 5.15. The molecule has 2 rings (SSSR count). The Morgan fingerprint density at radius 2 is 2.00 bits per heavy atom. The van der Waals surface area contributed by atoms with Gasteiger partial charge in [-0.15, -0.1) is 6.58 Å². The van der Waals surface area contributed by atoms with Crippen LogP contribution < -0.4 is 0 Å². The maximum Gasteiger partial charge on any atom is 0.340 e. The van der Waals surface area contributed by atoms with Gasteiger partial charge >= 0.3 is 5.97 Å². The Labute approximate surface area is 155 Å². The van der Waals surface area contributed by atoms with E-state index >= 15 is 0 Å². The van der Waals surface area contributed by atoms with Gasteiger partial charge in [0.15, 0.2) is 6.61 Å². The second kappa shape index (κ2) is 7.97. The first kappa shape index (κ1) is 19.4. The summed E-state index contributed by atoms with van der Waals surface area (Å²) >= 11 is 5.89. The lowest BCUT2D eigenvalue weighted by Gasteiger charge is -2.07. The molecule has 0 atom stereocenters. The first-order valence-corrected chi connectivity index (χ1v) is 8.06. The number of hydrogen-bond donors (Lipinski definition) is 0. The van der Waals surface area contributed by atoms with Gasteiger partial charge in [-0.2, -0.15) is 0 Å². The zero-order valence-corrected chi connectivity index (χ0v) is 15.1. The Hall–Kier alpha value is -2.93. The van der Waals surface area contributed by atoms with Crippen LogP contribution in [0.2, 0.25) is 5.02 Å². The van der Waals surface area contributed by atoms with E-state index in [0.29, 0.717) is 12.1 Å². The largest absolute Gasteiger partial charge is 0.454 e. The minimum atomic E-state index is -0.896. The monoisotopic (exact) mass is 376 g/mol. The van der Waals surface area contributed by atoms with Crippen LogP contribution in [0.3, 0.4) is 0 Å². The zero-order chi connectivity index (χ0) is 19.4. The average Bonchev–Trinajstić information content (AvgIpc) is 2.88. The van der Waals surface area contributed by atoms with E-state index in [1.807, 2.05) is 11.5 Å². The van der Waals surface area contributed by atoms with E-state index in [2.05, 4.69) is 6.58 Å². The topological polar surface area (TPSA) is 91.4 Å². The molecule has 7 nitrogen and oxygen atoms in total. The van der Waals surface area contributed by atoms with Gasteiger partial charge in [0, 0.05) is 35.6 Å². The molecule has 0 radical (unpaired) electrons. The third-order valence-electron chi connectivity index (χ3n) is 3.90. The fourth-order valence-electron chi connectivity index (χ4n) is 2.56. The number of aromatic nitrogens is 1. The molecule has 8 heteroatoms. The van der Waals surface area contributed by atoms with Crippen molar-refractivity contribution in [1.29, 1.82) is 0 Å². The van der Waals surface area contributed by atoms with E-state index < -0.39 is 17.5 Å². The van der Waals surface area contributed by atoms with Crippen LogP contribution in [0.5, 0.6) is 0 Å².